The summed E-state index contributed by atoms with van der Waals surface area (Å²) in [6.45, 7) is 0. The molecule has 1 atom stereocenters. The molecular formula is C16H14ClNO. The van der Waals surface area contributed by atoms with Gasteiger partial charge in [-0.1, -0.05) is 42.5 Å². The highest BCUT2D eigenvalue weighted by Gasteiger charge is 2.13. The zero-order valence-electron chi connectivity index (χ0n) is 10.3. The number of fused-ring (bicyclic) bond motifs is 1. The zero-order chi connectivity index (χ0) is 13.2. The van der Waals surface area contributed by atoms with E-state index in [0.717, 1.165) is 12.0 Å². The van der Waals surface area contributed by atoms with Crippen molar-refractivity contribution in [1.82, 2.24) is 0 Å². The average Bonchev–Trinajstić information content (AvgIpc) is 2.85. The first-order valence-electron chi connectivity index (χ1n) is 6.20. The minimum absolute atomic E-state index is 0.146. The van der Waals surface area contributed by atoms with E-state index in [4.69, 9.17) is 21.8 Å². The van der Waals surface area contributed by atoms with Crippen molar-refractivity contribution in [2.24, 2.45) is 5.73 Å². The van der Waals surface area contributed by atoms with Gasteiger partial charge in [0, 0.05) is 11.6 Å². The number of halogens is 1. The second kappa shape index (κ2) is 5.08. The molecule has 0 saturated heterocycles. The van der Waals surface area contributed by atoms with Crippen molar-refractivity contribution < 1.29 is 4.42 Å². The Hall–Kier alpha value is -1.77. The molecule has 0 spiro atoms. The Morgan fingerprint density at radius 2 is 1.84 bits per heavy atom. The number of nitrogens with two attached hydrogens (primary N) is 1. The van der Waals surface area contributed by atoms with Crippen LogP contribution in [0, 0.1) is 0 Å². The summed E-state index contributed by atoms with van der Waals surface area (Å²) in [7, 11) is 0. The minimum Gasteiger partial charge on any atom is -0.453 e. The number of furan rings is 1. The Kier molecular flexibility index (Phi) is 3.28. The van der Waals surface area contributed by atoms with Gasteiger partial charge < -0.3 is 10.2 Å². The van der Waals surface area contributed by atoms with E-state index in [-0.39, 0.29) is 6.04 Å². The molecule has 0 saturated carbocycles. The molecule has 0 fully saturated rings. The van der Waals surface area contributed by atoms with Crippen LogP contribution in [0.5, 0.6) is 0 Å². The molecule has 3 heteroatoms. The van der Waals surface area contributed by atoms with Gasteiger partial charge in [0.05, 0.1) is 6.26 Å². The molecule has 1 aromatic heterocycles. The number of rotatable bonds is 3. The smallest absolute Gasteiger partial charge is 0.197 e. The Bertz CT molecular complexity index is 705. The van der Waals surface area contributed by atoms with Crippen LogP contribution in [0.3, 0.4) is 0 Å². The van der Waals surface area contributed by atoms with Gasteiger partial charge in [-0.15, -0.1) is 0 Å². The fraction of sp³-hybridized carbons (Fsp3) is 0.125. The Labute approximate surface area is 116 Å². The van der Waals surface area contributed by atoms with Crippen molar-refractivity contribution in [3.63, 3.8) is 0 Å². The summed E-state index contributed by atoms with van der Waals surface area (Å²) < 4.78 is 5.08. The first kappa shape index (κ1) is 12.3. The average molecular weight is 272 g/mol. The monoisotopic (exact) mass is 271 g/mol. The Morgan fingerprint density at radius 3 is 2.58 bits per heavy atom. The molecule has 2 N–H and O–H groups in total. The largest absolute Gasteiger partial charge is 0.453 e. The predicted molar refractivity (Wildman–Crippen MR) is 78.3 cm³/mol. The highest BCUT2D eigenvalue weighted by Crippen LogP contribution is 2.26. The van der Waals surface area contributed by atoms with Crippen LogP contribution in [0.15, 0.2) is 59.2 Å². The van der Waals surface area contributed by atoms with Crippen LogP contribution in [-0.4, -0.2) is 0 Å². The molecule has 1 heterocycles. The van der Waals surface area contributed by atoms with Crippen LogP contribution in [-0.2, 0) is 6.42 Å². The van der Waals surface area contributed by atoms with Crippen LogP contribution in [0.1, 0.15) is 17.2 Å². The van der Waals surface area contributed by atoms with E-state index in [1.807, 2.05) is 18.2 Å². The van der Waals surface area contributed by atoms with E-state index in [2.05, 4.69) is 30.3 Å². The van der Waals surface area contributed by atoms with Gasteiger partial charge in [-0.05, 0) is 40.4 Å². The molecule has 0 radical (unpaired) electrons. The topological polar surface area (TPSA) is 39.2 Å². The minimum atomic E-state index is -0.146. The maximum atomic E-state index is 6.17. The summed E-state index contributed by atoms with van der Waals surface area (Å²) in [5.74, 6) is 0. The summed E-state index contributed by atoms with van der Waals surface area (Å²) in [5, 5.41) is 2.85. The van der Waals surface area contributed by atoms with Gasteiger partial charge in [0.1, 0.15) is 0 Å². The quantitative estimate of drug-likeness (QED) is 0.770. The highest BCUT2D eigenvalue weighted by atomic mass is 35.5. The standard InChI is InChI=1S/C16H14ClNO/c17-16-14(7-8-19-16)15(18)10-11-5-6-12-3-1-2-4-13(12)9-11/h1-9,15H,10,18H2. The van der Waals surface area contributed by atoms with Crippen LogP contribution < -0.4 is 5.73 Å². The first-order valence-corrected chi connectivity index (χ1v) is 6.58. The summed E-state index contributed by atoms with van der Waals surface area (Å²) in [6.07, 6.45) is 2.31. The molecule has 0 aliphatic heterocycles. The lowest BCUT2D eigenvalue weighted by atomic mass is 9.99. The van der Waals surface area contributed by atoms with Gasteiger partial charge in [-0.2, -0.15) is 0 Å². The SMILES string of the molecule is NC(Cc1ccc2ccccc2c1)c1ccoc1Cl. The number of benzene rings is 2. The first-order chi connectivity index (χ1) is 9.24. The molecule has 1 unspecified atom stereocenters. The van der Waals surface area contributed by atoms with Crippen molar-refractivity contribution in [3.8, 4) is 0 Å². The van der Waals surface area contributed by atoms with Gasteiger partial charge in [-0.25, -0.2) is 0 Å². The number of hydrogen-bond acceptors (Lipinski definition) is 2. The van der Waals surface area contributed by atoms with Crippen molar-refractivity contribution in [3.05, 3.63) is 71.1 Å². The summed E-state index contributed by atoms with van der Waals surface area (Å²) in [6, 6.07) is 16.4. The maximum absolute atomic E-state index is 6.17. The van der Waals surface area contributed by atoms with Crippen molar-refractivity contribution >= 4 is 22.4 Å². The molecule has 3 aromatic rings. The second-order valence-corrected chi connectivity index (χ2v) is 4.99. The molecule has 0 bridgehead atoms. The van der Waals surface area contributed by atoms with Crippen molar-refractivity contribution in [2.75, 3.05) is 0 Å². The zero-order valence-corrected chi connectivity index (χ0v) is 11.1. The molecule has 2 nitrogen and oxygen atoms in total. The van der Waals surface area contributed by atoms with E-state index in [1.54, 1.807) is 6.26 Å². The van der Waals surface area contributed by atoms with Crippen LogP contribution >= 0.6 is 11.6 Å². The van der Waals surface area contributed by atoms with Crippen LogP contribution in [0.2, 0.25) is 5.22 Å². The lowest BCUT2D eigenvalue weighted by Gasteiger charge is -2.11. The van der Waals surface area contributed by atoms with E-state index in [0.29, 0.717) is 5.22 Å². The molecular weight excluding hydrogens is 258 g/mol. The van der Waals surface area contributed by atoms with E-state index in [9.17, 15) is 0 Å². The lowest BCUT2D eigenvalue weighted by Crippen LogP contribution is -2.12. The molecule has 0 aliphatic carbocycles. The number of hydrogen-bond donors (Lipinski definition) is 1. The van der Waals surface area contributed by atoms with Gasteiger partial charge >= 0.3 is 0 Å². The normalized spacial score (nSPS) is 12.7. The summed E-state index contributed by atoms with van der Waals surface area (Å²) in [5.41, 5.74) is 8.23. The second-order valence-electron chi connectivity index (χ2n) is 4.64. The molecule has 3 rings (SSSR count). The van der Waals surface area contributed by atoms with E-state index >= 15 is 0 Å². The molecule has 0 amide bonds. The Morgan fingerprint density at radius 1 is 1.05 bits per heavy atom. The summed E-state index contributed by atoms with van der Waals surface area (Å²) in [4.78, 5) is 0. The predicted octanol–water partition coefficient (Wildman–Crippen LogP) is 4.33. The third kappa shape index (κ3) is 2.50. The fourth-order valence-corrected chi connectivity index (χ4v) is 2.55. The van der Waals surface area contributed by atoms with Gasteiger partial charge in [0.25, 0.3) is 0 Å². The van der Waals surface area contributed by atoms with Gasteiger partial charge in [-0.3, -0.25) is 0 Å². The van der Waals surface area contributed by atoms with Gasteiger partial charge in [0.15, 0.2) is 5.22 Å². The van der Waals surface area contributed by atoms with E-state index < -0.39 is 0 Å². The molecule has 19 heavy (non-hydrogen) atoms. The van der Waals surface area contributed by atoms with Gasteiger partial charge in [0.2, 0.25) is 0 Å². The lowest BCUT2D eigenvalue weighted by molar-refractivity contribution is 0.560. The van der Waals surface area contributed by atoms with E-state index in [1.165, 1.54) is 16.3 Å². The molecule has 2 aromatic carbocycles. The summed E-state index contributed by atoms with van der Waals surface area (Å²) >= 11 is 5.95. The third-order valence-corrected chi connectivity index (χ3v) is 3.62. The van der Waals surface area contributed by atoms with Crippen LogP contribution in [0.25, 0.3) is 10.8 Å². The fourth-order valence-electron chi connectivity index (χ4n) is 2.30. The third-order valence-electron chi connectivity index (χ3n) is 3.32. The van der Waals surface area contributed by atoms with Crippen LogP contribution in [0.4, 0.5) is 0 Å². The maximum Gasteiger partial charge on any atom is 0.197 e. The molecule has 96 valence electrons. The highest BCUT2D eigenvalue weighted by molar-refractivity contribution is 6.29. The van der Waals surface area contributed by atoms with Crippen molar-refractivity contribution in [1.29, 1.82) is 0 Å². The van der Waals surface area contributed by atoms with Crippen molar-refractivity contribution in [2.45, 2.75) is 12.5 Å². The molecule has 0 aliphatic rings. The Balaban J connectivity index is 1.87.